The molecule has 2 rings (SSSR count). The summed E-state index contributed by atoms with van der Waals surface area (Å²) in [5.41, 5.74) is 0. The van der Waals surface area contributed by atoms with Crippen LogP contribution < -0.4 is 14.8 Å². The maximum Gasteiger partial charge on any atom is 0.161 e. The molecule has 3 nitrogen and oxygen atoms in total. The van der Waals surface area contributed by atoms with Gasteiger partial charge in [0, 0.05) is 0 Å². The third-order valence-corrected chi connectivity index (χ3v) is 2.97. The van der Waals surface area contributed by atoms with Crippen molar-refractivity contribution in [1.29, 1.82) is 0 Å². The SMILES string of the molecule is CCOc1ccccc1OC1CCCNCC1. The number of hydrogen-bond donors (Lipinski definition) is 1. The molecule has 1 aromatic rings. The van der Waals surface area contributed by atoms with Crippen molar-refractivity contribution in [3.05, 3.63) is 24.3 Å². The van der Waals surface area contributed by atoms with Gasteiger partial charge in [-0.2, -0.15) is 0 Å². The summed E-state index contributed by atoms with van der Waals surface area (Å²) < 4.78 is 11.6. The highest BCUT2D eigenvalue weighted by molar-refractivity contribution is 5.39. The number of para-hydroxylation sites is 2. The van der Waals surface area contributed by atoms with Crippen LogP contribution in [-0.2, 0) is 0 Å². The summed E-state index contributed by atoms with van der Waals surface area (Å²) >= 11 is 0. The molecule has 0 aromatic heterocycles. The Labute approximate surface area is 103 Å². The minimum atomic E-state index is 0.312. The van der Waals surface area contributed by atoms with Crippen molar-refractivity contribution in [3.8, 4) is 11.5 Å². The first-order valence-electron chi connectivity index (χ1n) is 6.49. The highest BCUT2D eigenvalue weighted by Crippen LogP contribution is 2.28. The zero-order valence-corrected chi connectivity index (χ0v) is 10.4. The number of ether oxygens (including phenoxy) is 2. The normalized spacial score (nSPS) is 20.6. The quantitative estimate of drug-likeness (QED) is 0.870. The zero-order chi connectivity index (χ0) is 11.9. The van der Waals surface area contributed by atoms with Crippen molar-refractivity contribution < 1.29 is 9.47 Å². The smallest absolute Gasteiger partial charge is 0.161 e. The summed E-state index contributed by atoms with van der Waals surface area (Å²) in [7, 11) is 0. The third kappa shape index (κ3) is 3.63. The summed E-state index contributed by atoms with van der Waals surface area (Å²) in [5.74, 6) is 1.73. The van der Waals surface area contributed by atoms with Gasteiger partial charge in [-0.05, 0) is 51.4 Å². The molecule has 94 valence electrons. The van der Waals surface area contributed by atoms with Crippen LogP contribution in [0, 0.1) is 0 Å². The van der Waals surface area contributed by atoms with Gasteiger partial charge in [0.05, 0.1) is 6.61 Å². The van der Waals surface area contributed by atoms with Crippen LogP contribution in [0.4, 0.5) is 0 Å². The molecule has 0 spiro atoms. The topological polar surface area (TPSA) is 30.5 Å². The van der Waals surface area contributed by atoms with Crippen LogP contribution >= 0.6 is 0 Å². The van der Waals surface area contributed by atoms with E-state index in [1.54, 1.807) is 0 Å². The van der Waals surface area contributed by atoms with Gasteiger partial charge in [0.1, 0.15) is 6.10 Å². The lowest BCUT2D eigenvalue weighted by Gasteiger charge is -2.18. The predicted molar refractivity (Wildman–Crippen MR) is 68.7 cm³/mol. The Morgan fingerprint density at radius 1 is 1.18 bits per heavy atom. The second-order valence-electron chi connectivity index (χ2n) is 4.30. The van der Waals surface area contributed by atoms with E-state index in [-0.39, 0.29) is 0 Å². The molecule has 0 bridgehead atoms. The molecule has 1 N–H and O–H groups in total. The van der Waals surface area contributed by atoms with Crippen LogP contribution in [0.5, 0.6) is 11.5 Å². The summed E-state index contributed by atoms with van der Waals surface area (Å²) in [4.78, 5) is 0. The fourth-order valence-corrected chi connectivity index (χ4v) is 2.11. The summed E-state index contributed by atoms with van der Waals surface area (Å²) in [6.45, 7) is 4.81. The maximum atomic E-state index is 6.05. The molecular formula is C14H21NO2. The summed E-state index contributed by atoms with van der Waals surface area (Å²) in [6, 6.07) is 7.93. The second-order valence-corrected chi connectivity index (χ2v) is 4.30. The van der Waals surface area contributed by atoms with Crippen LogP contribution in [0.1, 0.15) is 26.2 Å². The third-order valence-electron chi connectivity index (χ3n) is 2.97. The van der Waals surface area contributed by atoms with Gasteiger partial charge in [0.25, 0.3) is 0 Å². The zero-order valence-electron chi connectivity index (χ0n) is 10.4. The van der Waals surface area contributed by atoms with Crippen LogP contribution in [0.2, 0.25) is 0 Å². The van der Waals surface area contributed by atoms with E-state index < -0.39 is 0 Å². The lowest BCUT2D eigenvalue weighted by Crippen LogP contribution is -2.19. The van der Waals surface area contributed by atoms with E-state index in [4.69, 9.17) is 9.47 Å². The monoisotopic (exact) mass is 235 g/mol. The van der Waals surface area contributed by atoms with E-state index in [1.165, 1.54) is 6.42 Å². The molecule has 0 radical (unpaired) electrons. The van der Waals surface area contributed by atoms with Crippen LogP contribution in [0.3, 0.4) is 0 Å². The highest BCUT2D eigenvalue weighted by atomic mass is 16.5. The predicted octanol–water partition coefficient (Wildman–Crippen LogP) is 2.61. The van der Waals surface area contributed by atoms with Crippen LogP contribution in [0.15, 0.2) is 24.3 Å². The van der Waals surface area contributed by atoms with E-state index in [9.17, 15) is 0 Å². The first-order valence-corrected chi connectivity index (χ1v) is 6.49. The molecule has 3 heteroatoms. The van der Waals surface area contributed by atoms with E-state index in [2.05, 4.69) is 5.32 Å². The largest absolute Gasteiger partial charge is 0.490 e. The minimum absolute atomic E-state index is 0.312. The Hall–Kier alpha value is -1.22. The van der Waals surface area contributed by atoms with Gasteiger partial charge < -0.3 is 14.8 Å². The van der Waals surface area contributed by atoms with Crippen molar-refractivity contribution in [1.82, 2.24) is 5.32 Å². The molecule has 1 saturated heterocycles. The highest BCUT2D eigenvalue weighted by Gasteiger charge is 2.15. The number of rotatable bonds is 4. The van der Waals surface area contributed by atoms with Gasteiger partial charge in [-0.25, -0.2) is 0 Å². The Balaban J connectivity index is 2.00. The fourth-order valence-electron chi connectivity index (χ4n) is 2.11. The van der Waals surface area contributed by atoms with Gasteiger partial charge in [0.2, 0.25) is 0 Å². The molecule has 0 amide bonds. The van der Waals surface area contributed by atoms with Crippen molar-refractivity contribution in [3.63, 3.8) is 0 Å². The molecule has 1 atom stereocenters. The summed E-state index contributed by atoms with van der Waals surface area (Å²) in [5, 5.41) is 3.39. The van der Waals surface area contributed by atoms with E-state index in [0.29, 0.717) is 12.7 Å². The molecule has 0 saturated carbocycles. The standard InChI is InChI=1S/C14H21NO2/c1-2-16-13-7-3-4-8-14(13)17-12-6-5-10-15-11-9-12/h3-4,7-8,12,15H,2,5-6,9-11H2,1H3. The Morgan fingerprint density at radius 2 is 2.00 bits per heavy atom. The molecule has 1 aromatic carbocycles. The van der Waals surface area contributed by atoms with Crippen molar-refractivity contribution in [2.75, 3.05) is 19.7 Å². The van der Waals surface area contributed by atoms with Gasteiger partial charge in [0.15, 0.2) is 11.5 Å². The Morgan fingerprint density at radius 3 is 2.82 bits per heavy atom. The van der Waals surface area contributed by atoms with Gasteiger partial charge >= 0.3 is 0 Å². The number of benzene rings is 1. The number of nitrogens with one attached hydrogen (secondary N) is 1. The van der Waals surface area contributed by atoms with Crippen LogP contribution in [-0.4, -0.2) is 25.8 Å². The van der Waals surface area contributed by atoms with Gasteiger partial charge in [-0.3, -0.25) is 0 Å². The van der Waals surface area contributed by atoms with Gasteiger partial charge in [-0.15, -0.1) is 0 Å². The van der Waals surface area contributed by atoms with Crippen molar-refractivity contribution in [2.45, 2.75) is 32.3 Å². The first kappa shape index (κ1) is 12.2. The maximum absolute atomic E-state index is 6.05. The molecule has 1 unspecified atom stereocenters. The first-order chi connectivity index (χ1) is 8.40. The molecule has 1 fully saturated rings. The number of hydrogen-bond acceptors (Lipinski definition) is 3. The van der Waals surface area contributed by atoms with Crippen molar-refractivity contribution in [2.24, 2.45) is 0 Å². The van der Waals surface area contributed by atoms with E-state index >= 15 is 0 Å². The fraction of sp³-hybridized carbons (Fsp3) is 0.571. The average Bonchev–Trinajstić information content (AvgIpc) is 2.61. The second kappa shape index (κ2) is 6.50. The molecule has 1 aliphatic heterocycles. The molecule has 1 aliphatic rings. The lowest BCUT2D eigenvalue weighted by atomic mass is 10.1. The van der Waals surface area contributed by atoms with Gasteiger partial charge in [-0.1, -0.05) is 12.1 Å². The van der Waals surface area contributed by atoms with E-state index in [0.717, 1.165) is 37.4 Å². The lowest BCUT2D eigenvalue weighted by molar-refractivity contribution is 0.177. The minimum Gasteiger partial charge on any atom is -0.490 e. The van der Waals surface area contributed by atoms with Crippen molar-refractivity contribution >= 4 is 0 Å². The van der Waals surface area contributed by atoms with Crippen LogP contribution in [0.25, 0.3) is 0 Å². The average molecular weight is 235 g/mol. The Kier molecular flexibility index (Phi) is 4.68. The molecular weight excluding hydrogens is 214 g/mol. The molecule has 17 heavy (non-hydrogen) atoms. The molecule has 0 aliphatic carbocycles. The summed E-state index contributed by atoms with van der Waals surface area (Å²) in [6.07, 6.45) is 3.68. The van der Waals surface area contributed by atoms with E-state index in [1.807, 2.05) is 31.2 Å². The molecule has 1 heterocycles. The Bertz CT molecular complexity index is 333.